The van der Waals surface area contributed by atoms with Gasteiger partial charge in [0, 0.05) is 5.56 Å². The molecule has 0 fully saturated rings. The monoisotopic (exact) mass is 268 g/mol. The van der Waals surface area contributed by atoms with Crippen molar-refractivity contribution in [2.45, 2.75) is 26.8 Å². The lowest BCUT2D eigenvalue weighted by Crippen LogP contribution is -2.15. The number of anilines is 1. The Hall–Kier alpha value is -1.82. The first-order valence-electron chi connectivity index (χ1n) is 5.43. The molecule has 2 rings (SSSR count). The van der Waals surface area contributed by atoms with Crippen LogP contribution in [0, 0.1) is 13.8 Å². The molecule has 2 N–H and O–H groups in total. The maximum atomic E-state index is 11.3. The number of H-pyrrole nitrogens is 1. The Bertz CT molecular complexity index is 600. The molecule has 0 amide bonds. The first kappa shape index (κ1) is 12.6. The van der Waals surface area contributed by atoms with Crippen molar-refractivity contribution in [3.05, 3.63) is 38.7 Å². The summed E-state index contributed by atoms with van der Waals surface area (Å²) in [6, 6.07) is -0.108. The number of aromatic amines is 1. The topological polar surface area (TPSA) is 83.8 Å². The Morgan fingerprint density at radius 1 is 1.50 bits per heavy atom. The molecule has 0 radical (unpaired) electrons. The first-order chi connectivity index (χ1) is 8.50. The zero-order valence-electron chi connectivity index (χ0n) is 10.2. The SMILES string of the molecule is Cc1noc(C)c1C(C)Nc1nc[nH]c(=O)c1Cl. The van der Waals surface area contributed by atoms with Gasteiger partial charge in [-0.15, -0.1) is 0 Å². The highest BCUT2D eigenvalue weighted by atomic mass is 35.5. The van der Waals surface area contributed by atoms with Gasteiger partial charge >= 0.3 is 0 Å². The molecule has 0 spiro atoms. The summed E-state index contributed by atoms with van der Waals surface area (Å²) in [6.07, 6.45) is 1.30. The van der Waals surface area contributed by atoms with Gasteiger partial charge in [-0.2, -0.15) is 0 Å². The van der Waals surface area contributed by atoms with E-state index in [4.69, 9.17) is 16.1 Å². The lowest BCUT2D eigenvalue weighted by Gasteiger charge is -2.14. The number of nitrogens with zero attached hydrogens (tertiary/aromatic N) is 2. The number of aryl methyl sites for hydroxylation is 2. The third kappa shape index (κ3) is 2.24. The van der Waals surface area contributed by atoms with Crippen molar-refractivity contribution in [3.63, 3.8) is 0 Å². The van der Waals surface area contributed by atoms with Crippen LogP contribution in [-0.2, 0) is 0 Å². The van der Waals surface area contributed by atoms with Crippen LogP contribution in [0.25, 0.3) is 0 Å². The van der Waals surface area contributed by atoms with Crippen molar-refractivity contribution >= 4 is 17.4 Å². The maximum Gasteiger partial charge on any atom is 0.271 e. The van der Waals surface area contributed by atoms with Gasteiger partial charge in [-0.3, -0.25) is 4.79 Å². The van der Waals surface area contributed by atoms with Crippen molar-refractivity contribution in [1.82, 2.24) is 15.1 Å². The third-order valence-electron chi connectivity index (χ3n) is 2.67. The summed E-state index contributed by atoms with van der Waals surface area (Å²) in [5.41, 5.74) is 1.36. The second-order valence-corrected chi connectivity index (χ2v) is 4.38. The molecule has 2 aromatic heterocycles. The highest BCUT2D eigenvalue weighted by Gasteiger charge is 2.18. The van der Waals surface area contributed by atoms with Gasteiger partial charge in [-0.1, -0.05) is 16.8 Å². The second-order valence-electron chi connectivity index (χ2n) is 4.00. The average Bonchev–Trinajstić information content (AvgIpc) is 2.65. The molecule has 2 heterocycles. The fourth-order valence-corrected chi connectivity index (χ4v) is 2.03. The van der Waals surface area contributed by atoms with E-state index in [0.29, 0.717) is 5.82 Å². The molecule has 1 unspecified atom stereocenters. The highest BCUT2D eigenvalue weighted by Crippen LogP contribution is 2.25. The minimum absolute atomic E-state index is 0.0381. The van der Waals surface area contributed by atoms with Crippen LogP contribution < -0.4 is 10.9 Å². The Morgan fingerprint density at radius 2 is 2.22 bits per heavy atom. The molecule has 0 aromatic carbocycles. The van der Waals surface area contributed by atoms with Crippen LogP contribution in [-0.4, -0.2) is 15.1 Å². The zero-order chi connectivity index (χ0) is 13.3. The smallest absolute Gasteiger partial charge is 0.271 e. The molecule has 0 bridgehead atoms. The average molecular weight is 269 g/mol. The van der Waals surface area contributed by atoms with Gasteiger partial charge in [-0.25, -0.2) is 4.98 Å². The summed E-state index contributed by atoms with van der Waals surface area (Å²) >= 11 is 5.87. The summed E-state index contributed by atoms with van der Waals surface area (Å²) in [6.45, 7) is 5.61. The van der Waals surface area contributed by atoms with Gasteiger partial charge in [0.2, 0.25) is 0 Å². The molecule has 0 saturated heterocycles. The van der Waals surface area contributed by atoms with Gasteiger partial charge in [0.15, 0.2) is 5.82 Å². The van der Waals surface area contributed by atoms with Crippen LogP contribution in [0.4, 0.5) is 5.82 Å². The zero-order valence-corrected chi connectivity index (χ0v) is 11.0. The van der Waals surface area contributed by atoms with Crippen LogP contribution in [0.3, 0.4) is 0 Å². The molecule has 2 aromatic rings. The van der Waals surface area contributed by atoms with Gasteiger partial charge in [0.1, 0.15) is 10.8 Å². The second kappa shape index (κ2) is 4.81. The number of hydrogen-bond donors (Lipinski definition) is 2. The van der Waals surface area contributed by atoms with Crippen LogP contribution in [0.5, 0.6) is 0 Å². The van der Waals surface area contributed by atoms with Crippen LogP contribution >= 0.6 is 11.6 Å². The molecule has 18 heavy (non-hydrogen) atoms. The highest BCUT2D eigenvalue weighted by molar-refractivity contribution is 6.32. The molecule has 6 nitrogen and oxygen atoms in total. The molecule has 96 valence electrons. The lowest BCUT2D eigenvalue weighted by atomic mass is 10.1. The van der Waals surface area contributed by atoms with Gasteiger partial charge in [0.05, 0.1) is 18.1 Å². The van der Waals surface area contributed by atoms with Gasteiger partial charge in [-0.05, 0) is 20.8 Å². The summed E-state index contributed by atoms with van der Waals surface area (Å²) in [5, 5.41) is 6.99. The Morgan fingerprint density at radius 3 is 2.83 bits per heavy atom. The van der Waals surface area contributed by atoms with E-state index in [1.54, 1.807) is 0 Å². The Balaban J connectivity index is 2.30. The van der Waals surface area contributed by atoms with Crippen LogP contribution in [0.2, 0.25) is 5.02 Å². The van der Waals surface area contributed by atoms with Crippen molar-refractivity contribution in [2.75, 3.05) is 5.32 Å². The maximum absolute atomic E-state index is 11.3. The summed E-state index contributed by atoms with van der Waals surface area (Å²) in [4.78, 5) is 17.7. The minimum atomic E-state index is -0.375. The molecule has 0 aliphatic rings. The normalized spacial score (nSPS) is 12.4. The fourth-order valence-electron chi connectivity index (χ4n) is 1.87. The quantitative estimate of drug-likeness (QED) is 0.891. The summed E-state index contributed by atoms with van der Waals surface area (Å²) in [5.74, 6) is 1.07. The van der Waals surface area contributed by atoms with E-state index in [1.807, 2.05) is 20.8 Å². The predicted octanol–water partition coefficient (Wildman–Crippen LogP) is 2.20. The van der Waals surface area contributed by atoms with Gasteiger partial charge in [0.25, 0.3) is 5.56 Å². The molecular formula is C11H13ClN4O2. The van der Waals surface area contributed by atoms with E-state index < -0.39 is 0 Å². The number of halogens is 1. The van der Waals surface area contributed by atoms with Crippen molar-refractivity contribution < 1.29 is 4.52 Å². The number of aromatic nitrogens is 3. The molecule has 0 aliphatic carbocycles. The van der Waals surface area contributed by atoms with Crippen LogP contribution in [0.1, 0.15) is 30.0 Å². The van der Waals surface area contributed by atoms with E-state index in [-0.39, 0.29) is 16.6 Å². The molecule has 1 atom stereocenters. The van der Waals surface area contributed by atoms with Crippen molar-refractivity contribution in [2.24, 2.45) is 0 Å². The number of hydrogen-bond acceptors (Lipinski definition) is 5. The standard InChI is InChI=1S/C11H13ClN4O2/c1-5(8-6(2)16-18-7(8)3)15-10-9(12)11(17)14-4-13-10/h4-5H,1-3H3,(H2,13,14,15,17). The van der Waals surface area contributed by atoms with E-state index >= 15 is 0 Å². The van der Waals surface area contributed by atoms with Crippen molar-refractivity contribution in [3.8, 4) is 0 Å². The fraction of sp³-hybridized carbons (Fsp3) is 0.364. The minimum Gasteiger partial charge on any atom is -0.362 e. The number of nitrogens with one attached hydrogen (secondary N) is 2. The van der Waals surface area contributed by atoms with Crippen molar-refractivity contribution in [1.29, 1.82) is 0 Å². The molecule has 0 aliphatic heterocycles. The summed E-state index contributed by atoms with van der Waals surface area (Å²) < 4.78 is 5.10. The van der Waals surface area contributed by atoms with E-state index in [9.17, 15) is 4.79 Å². The molecule has 7 heteroatoms. The lowest BCUT2D eigenvalue weighted by molar-refractivity contribution is 0.392. The van der Waals surface area contributed by atoms with E-state index in [2.05, 4.69) is 20.4 Å². The third-order valence-corrected chi connectivity index (χ3v) is 3.02. The van der Waals surface area contributed by atoms with E-state index in [1.165, 1.54) is 6.33 Å². The molecule has 0 saturated carbocycles. The Labute approximate surface area is 108 Å². The van der Waals surface area contributed by atoms with Crippen LogP contribution in [0.15, 0.2) is 15.6 Å². The number of rotatable bonds is 3. The largest absolute Gasteiger partial charge is 0.362 e. The Kier molecular flexibility index (Phi) is 3.38. The predicted molar refractivity (Wildman–Crippen MR) is 67.9 cm³/mol. The summed E-state index contributed by atoms with van der Waals surface area (Å²) in [7, 11) is 0. The van der Waals surface area contributed by atoms with E-state index in [0.717, 1.165) is 17.0 Å². The van der Waals surface area contributed by atoms with Gasteiger partial charge < -0.3 is 14.8 Å². The molecular weight excluding hydrogens is 256 g/mol. The first-order valence-corrected chi connectivity index (χ1v) is 5.81.